The molecule has 0 aromatic carbocycles. The molecule has 0 amide bonds. The Morgan fingerprint density at radius 2 is 2.23 bits per heavy atom. The summed E-state index contributed by atoms with van der Waals surface area (Å²) < 4.78 is 0. The Morgan fingerprint density at radius 3 is 2.77 bits per heavy atom. The number of nitriles is 1. The van der Waals surface area contributed by atoms with Gasteiger partial charge in [0.25, 0.3) is 0 Å². The summed E-state index contributed by atoms with van der Waals surface area (Å²) in [6.45, 7) is 6.10. The molecule has 0 heterocycles. The molecule has 0 aromatic rings. The van der Waals surface area contributed by atoms with Crippen molar-refractivity contribution in [1.82, 2.24) is 4.90 Å². The molecule has 0 spiro atoms. The van der Waals surface area contributed by atoms with Crippen molar-refractivity contribution >= 4 is 0 Å². The Bertz CT molecular complexity index is 183. The second-order valence-electron chi connectivity index (χ2n) is 4.15. The van der Waals surface area contributed by atoms with Gasteiger partial charge in [-0.2, -0.15) is 5.26 Å². The summed E-state index contributed by atoms with van der Waals surface area (Å²) in [5, 5.41) is 8.67. The van der Waals surface area contributed by atoms with Crippen LogP contribution in [0.15, 0.2) is 0 Å². The van der Waals surface area contributed by atoms with Crippen molar-refractivity contribution in [3.63, 3.8) is 0 Å². The zero-order valence-corrected chi connectivity index (χ0v) is 8.79. The highest BCUT2D eigenvalue weighted by molar-refractivity contribution is 4.84. The third-order valence-electron chi connectivity index (χ3n) is 3.11. The minimum atomic E-state index is 0.605. The minimum absolute atomic E-state index is 0.605. The molecule has 0 bridgehead atoms. The summed E-state index contributed by atoms with van der Waals surface area (Å²) in [6, 6.07) is 2.93. The van der Waals surface area contributed by atoms with Crippen LogP contribution in [-0.4, -0.2) is 24.0 Å². The minimum Gasteiger partial charge on any atom is -0.288 e. The zero-order valence-electron chi connectivity index (χ0n) is 8.79. The summed E-state index contributed by atoms with van der Waals surface area (Å²) in [5.74, 6) is 0.853. The Kier molecular flexibility index (Phi) is 4.24. The predicted molar refractivity (Wildman–Crippen MR) is 54.3 cm³/mol. The quantitative estimate of drug-likeness (QED) is 0.624. The lowest BCUT2D eigenvalue weighted by Crippen LogP contribution is -2.38. The average molecular weight is 180 g/mol. The van der Waals surface area contributed by atoms with E-state index >= 15 is 0 Å². The first-order valence-corrected chi connectivity index (χ1v) is 5.39. The molecule has 0 N–H and O–H groups in total. The van der Waals surface area contributed by atoms with Gasteiger partial charge in [0.15, 0.2) is 0 Å². The summed E-state index contributed by atoms with van der Waals surface area (Å²) in [4.78, 5) is 2.32. The summed E-state index contributed by atoms with van der Waals surface area (Å²) in [6.07, 6.45) is 5.30. The lowest BCUT2D eigenvalue weighted by molar-refractivity contribution is 0.156. The topological polar surface area (TPSA) is 27.0 Å². The van der Waals surface area contributed by atoms with Crippen LogP contribution in [0, 0.1) is 17.2 Å². The molecule has 2 nitrogen and oxygen atoms in total. The molecule has 13 heavy (non-hydrogen) atoms. The number of rotatable bonds is 3. The van der Waals surface area contributed by atoms with Crippen LogP contribution in [0.5, 0.6) is 0 Å². The molecule has 1 aliphatic rings. The van der Waals surface area contributed by atoms with E-state index in [0.29, 0.717) is 12.6 Å². The van der Waals surface area contributed by atoms with Gasteiger partial charge in [-0.3, -0.25) is 4.90 Å². The van der Waals surface area contributed by atoms with Crippen LogP contribution < -0.4 is 0 Å². The lowest BCUT2D eigenvalue weighted by Gasteiger charge is -2.34. The fourth-order valence-corrected chi connectivity index (χ4v) is 2.32. The van der Waals surface area contributed by atoms with Crippen molar-refractivity contribution in [3.05, 3.63) is 0 Å². The maximum Gasteiger partial charge on any atom is 0.0868 e. The van der Waals surface area contributed by atoms with Crippen LogP contribution in [0.3, 0.4) is 0 Å². The Labute approximate surface area is 81.5 Å². The second-order valence-corrected chi connectivity index (χ2v) is 4.15. The second kappa shape index (κ2) is 5.24. The molecule has 1 fully saturated rings. The van der Waals surface area contributed by atoms with Crippen LogP contribution in [0.1, 0.15) is 39.5 Å². The summed E-state index contributed by atoms with van der Waals surface area (Å²) in [7, 11) is 0. The molecule has 1 rings (SSSR count). The van der Waals surface area contributed by atoms with E-state index in [9.17, 15) is 0 Å². The highest BCUT2D eigenvalue weighted by atomic mass is 15.1. The van der Waals surface area contributed by atoms with E-state index in [1.54, 1.807) is 0 Å². The number of hydrogen-bond donors (Lipinski definition) is 0. The molecular weight excluding hydrogens is 160 g/mol. The molecule has 0 aromatic heterocycles. The molecule has 0 radical (unpaired) electrons. The van der Waals surface area contributed by atoms with Crippen LogP contribution in [0.2, 0.25) is 0 Å². The van der Waals surface area contributed by atoms with Gasteiger partial charge in [-0.1, -0.05) is 26.7 Å². The van der Waals surface area contributed by atoms with Crippen LogP contribution in [0.4, 0.5) is 0 Å². The van der Waals surface area contributed by atoms with Gasteiger partial charge in [0.05, 0.1) is 12.6 Å². The van der Waals surface area contributed by atoms with Crippen molar-refractivity contribution in [2.75, 3.05) is 13.1 Å². The van der Waals surface area contributed by atoms with E-state index in [1.165, 1.54) is 25.7 Å². The van der Waals surface area contributed by atoms with E-state index in [2.05, 4.69) is 24.8 Å². The van der Waals surface area contributed by atoms with Gasteiger partial charge < -0.3 is 0 Å². The monoisotopic (exact) mass is 180 g/mol. The summed E-state index contributed by atoms with van der Waals surface area (Å²) in [5.41, 5.74) is 0. The zero-order chi connectivity index (χ0) is 9.68. The largest absolute Gasteiger partial charge is 0.288 e. The van der Waals surface area contributed by atoms with Gasteiger partial charge in [-0.05, 0) is 25.3 Å². The standard InChI is InChI=1S/C11H20N2/c1-3-13(8-7-12)11-6-4-5-10(2)9-11/h10-11H,3-6,8-9H2,1-2H3. The maximum atomic E-state index is 8.67. The van der Waals surface area contributed by atoms with E-state index < -0.39 is 0 Å². The van der Waals surface area contributed by atoms with Gasteiger partial charge in [-0.15, -0.1) is 0 Å². The van der Waals surface area contributed by atoms with Crippen LogP contribution in [-0.2, 0) is 0 Å². The van der Waals surface area contributed by atoms with Crippen LogP contribution in [0.25, 0.3) is 0 Å². The maximum absolute atomic E-state index is 8.67. The lowest BCUT2D eigenvalue weighted by atomic mass is 9.86. The molecule has 1 aliphatic carbocycles. The third kappa shape index (κ3) is 3.00. The van der Waals surface area contributed by atoms with Crippen molar-refractivity contribution < 1.29 is 0 Å². The normalized spacial score (nSPS) is 28.8. The van der Waals surface area contributed by atoms with Crippen molar-refractivity contribution in [2.24, 2.45) is 5.92 Å². The first-order chi connectivity index (χ1) is 6.27. The summed E-state index contributed by atoms with van der Waals surface area (Å²) >= 11 is 0. The van der Waals surface area contributed by atoms with E-state index in [1.807, 2.05) is 0 Å². The van der Waals surface area contributed by atoms with Gasteiger partial charge in [0.1, 0.15) is 0 Å². The van der Waals surface area contributed by atoms with Gasteiger partial charge >= 0.3 is 0 Å². The number of nitrogens with zero attached hydrogens (tertiary/aromatic N) is 2. The fourth-order valence-electron chi connectivity index (χ4n) is 2.32. The predicted octanol–water partition coefficient (Wildman–Crippen LogP) is 2.41. The first-order valence-electron chi connectivity index (χ1n) is 5.39. The van der Waals surface area contributed by atoms with Gasteiger partial charge in [-0.25, -0.2) is 0 Å². The van der Waals surface area contributed by atoms with Crippen molar-refractivity contribution in [3.8, 4) is 6.07 Å². The SMILES string of the molecule is CCN(CC#N)C1CCCC(C)C1. The average Bonchev–Trinajstić information content (AvgIpc) is 2.14. The Hall–Kier alpha value is -0.550. The van der Waals surface area contributed by atoms with Crippen LogP contribution >= 0.6 is 0 Å². The van der Waals surface area contributed by atoms with E-state index in [0.717, 1.165) is 12.5 Å². The molecule has 74 valence electrons. The van der Waals surface area contributed by atoms with Crippen molar-refractivity contribution in [1.29, 1.82) is 5.26 Å². The molecule has 2 atom stereocenters. The van der Waals surface area contributed by atoms with Gasteiger partial charge in [0, 0.05) is 6.04 Å². The molecule has 0 saturated heterocycles. The molecule has 0 aliphatic heterocycles. The fraction of sp³-hybridized carbons (Fsp3) is 0.909. The van der Waals surface area contributed by atoms with E-state index in [-0.39, 0.29) is 0 Å². The molecular formula is C11H20N2. The highest BCUT2D eigenvalue weighted by Crippen LogP contribution is 2.26. The third-order valence-corrected chi connectivity index (χ3v) is 3.11. The molecule has 1 saturated carbocycles. The molecule has 2 unspecified atom stereocenters. The Balaban J connectivity index is 2.43. The number of hydrogen-bond acceptors (Lipinski definition) is 2. The van der Waals surface area contributed by atoms with Gasteiger partial charge in [0.2, 0.25) is 0 Å². The first kappa shape index (κ1) is 10.5. The highest BCUT2D eigenvalue weighted by Gasteiger charge is 2.23. The Morgan fingerprint density at radius 1 is 1.46 bits per heavy atom. The van der Waals surface area contributed by atoms with E-state index in [4.69, 9.17) is 5.26 Å². The smallest absolute Gasteiger partial charge is 0.0868 e. The van der Waals surface area contributed by atoms with Crippen molar-refractivity contribution in [2.45, 2.75) is 45.6 Å². The molecule has 2 heteroatoms.